The van der Waals surface area contributed by atoms with Crippen LogP contribution in [0.3, 0.4) is 0 Å². The number of benzene rings is 3. The fraction of sp³-hybridized carbons (Fsp3) is 0.200. The van der Waals surface area contributed by atoms with Gasteiger partial charge in [-0.3, -0.25) is 9.69 Å². The van der Waals surface area contributed by atoms with Gasteiger partial charge >= 0.3 is 12.0 Å². The van der Waals surface area contributed by atoms with E-state index in [9.17, 15) is 19.8 Å². The van der Waals surface area contributed by atoms with Gasteiger partial charge in [0.2, 0.25) is 0 Å². The first-order valence-electron chi connectivity index (χ1n) is 10.7. The predicted molar refractivity (Wildman–Crippen MR) is 133 cm³/mol. The van der Waals surface area contributed by atoms with Crippen molar-refractivity contribution in [2.24, 2.45) is 0 Å². The molecule has 35 heavy (non-hydrogen) atoms. The van der Waals surface area contributed by atoms with Crippen LogP contribution in [0, 0.1) is 0 Å². The number of halogens is 2. The lowest BCUT2D eigenvalue weighted by atomic mass is 10.0. The fourth-order valence-corrected chi connectivity index (χ4v) is 4.23. The largest absolute Gasteiger partial charge is 0.507 e. The molecule has 2 N–H and O–H groups in total. The molecule has 1 fully saturated rings. The number of urea groups is 1. The molecule has 8 nitrogen and oxygen atoms in total. The maximum absolute atomic E-state index is 13.0. The zero-order valence-electron chi connectivity index (χ0n) is 18.5. The van der Waals surface area contributed by atoms with E-state index in [4.69, 9.17) is 32.7 Å². The van der Waals surface area contributed by atoms with Crippen molar-refractivity contribution in [1.82, 2.24) is 4.90 Å². The number of carboxylic acid groups (broad SMARTS) is 1. The molecule has 0 spiro atoms. The summed E-state index contributed by atoms with van der Waals surface area (Å²) in [4.78, 5) is 27.1. The lowest BCUT2D eigenvalue weighted by molar-refractivity contribution is -0.135. The second kappa shape index (κ2) is 10.9. The molecule has 182 valence electrons. The highest BCUT2D eigenvalue weighted by Gasteiger charge is 2.27. The number of phenols is 1. The van der Waals surface area contributed by atoms with E-state index in [0.29, 0.717) is 37.6 Å². The molecule has 0 aromatic heterocycles. The quantitative estimate of drug-likeness (QED) is 0.448. The van der Waals surface area contributed by atoms with Crippen molar-refractivity contribution in [1.29, 1.82) is 0 Å². The number of phenolic OH excluding ortho intramolecular Hbond substituents is 1. The van der Waals surface area contributed by atoms with Crippen molar-refractivity contribution in [3.63, 3.8) is 0 Å². The molecule has 0 radical (unpaired) electrons. The van der Waals surface area contributed by atoms with Gasteiger partial charge in [0, 0.05) is 24.3 Å². The van der Waals surface area contributed by atoms with Gasteiger partial charge in [0.05, 0.1) is 23.3 Å². The number of rotatable bonds is 6. The molecule has 1 heterocycles. The minimum absolute atomic E-state index is 0.0852. The molecule has 1 aliphatic heterocycles. The molecule has 3 aromatic rings. The van der Waals surface area contributed by atoms with E-state index in [1.165, 1.54) is 23.1 Å². The van der Waals surface area contributed by atoms with Crippen LogP contribution in [0.2, 0.25) is 10.0 Å². The highest BCUT2D eigenvalue weighted by atomic mass is 35.5. The van der Waals surface area contributed by atoms with Gasteiger partial charge in [0.15, 0.2) is 5.75 Å². The summed E-state index contributed by atoms with van der Waals surface area (Å²) in [7, 11) is 0. The Labute approximate surface area is 211 Å². The third-order valence-electron chi connectivity index (χ3n) is 5.37. The molecular weight excluding hydrogens is 495 g/mol. The van der Waals surface area contributed by atoms with Gasteiger partial charge < -0.3 is 24.6 Å². The summed E-state index contributed by atoms with van der Waals surface area (Å²) >= 11 is 12.9. The van der Waals surface area contributed by atoms with Crippen molar-refractivity contribution in [2.75, 3.05) is 37.7 Å². The van der Waals surface area contributed by atoms with Gasteiger partial charge in [0.25, 0.3) is 0 Å². The maximum Gasteiger partial charge on any atom is 0.325 e. The number of amides is 2. The van der Waals surface area contributed by atoms with E-state index in [1.807, 2.05) is 30.3 Å². The summed E-state index contributed by atoms with van der Waals surface area (Å²) in [5.74, 6) is -0.584. The van der Waals surface area contributed by atoms with Crippen molar-refractivity contribution >= 4 is 40.9 Å². The number of hydrogen-bond donors (Lipinski definition) is 2. The summed E-state index contributed by atoms with van der Waals surface area (Å²) in [5.41, 5.74) is 1.59. The third-order valence-corrected chi connectivity index (χ3v) is 5.93. The van der Waals surface area contributed by atoms with Gasteiger partial charge in [-0.15, -0.1) is 0 Å². The second-order valence-electron chi connectivity index (χ2n) is 7.75. The van der Waals surface area contributed by atoms with Gasteiger partial charge in [-0.25, -0.2) is 4.79 Å². The molecule has 10 heteroatoms. The van der Waals surface area contributed by atoms with Crippen LogP contribution in [0.1, 0.15) is 0 Å². The zero-order chi connectivity index (χ0) is 24.9. The number of nitrogens with zero attached hydrogens (tertiary/aromatic N) is 2. The summed E-state index contributed by atoms with van der Waals surface area (Å²) in [5, 5.41) is 19.8. The Bertz CT molecular complexity index is 1210. The smallest absolute Gasteiger partial charge is 0.325 e. The van der Waals surface area contributed by atoms with Gasteiger partial charge in [0.1, 0.15) is 18.0 Å². The number of aliphatic carboxylic acids is 1. The first-order valence-corrected chi connectivity index (χ1v) is 11.5. The topological polar surface area (TPSA) is 99.5 Å². The molecule has 0 unspecified atom stereocenters. The Balaban J connectivity index is 1.63. The van der Waals surface area contributed by atoms with E-state index in [0.717, 1.165) is 10.5 Å². The summed E-state index contributed by atoms with van der Waals surface area (Å²) < 4.78 is 11.2. The summed E-state index contributed by atoms with van der Waals surface area (Å²) in [6, 6.07) is 16.4. The molecule has 0 atom stereocenters. The van der Waals surface area contributed by atoms with Crippen LogP contribution in [-0.2, 0) is 9.53 Å². The lowest BCUT2D eigenvalue weighted by Gasteiger charge is -2.32. The van der Waals surface area contributed by atoms with Crippen LogP contribution >= 0.6 is 23.2 Å². The maximum atomic E-state index is 13.0. The highest BCUT2D eigenvalue weighted by Crippen LogP contribution is 2.41. The first kappa shape index (κ1) is 24.7. The lowest BCUT2D eigenvalue weighted by Crippen LogP contribution is -2.49. The minimum Gasteiger partial charge on any atom is -0.507 e. The monoisotopic (exact) mass is 516 g/mol. The van der Waals surface area contributed by atoms with Crippen molar-refractivity contribution < 1.29 is 29.3 Å². The van der Waals surface area contributed by atoms with E-state index in [2.05, 4.69) is 0 Å². The van der Waals surface area contributed by atoms with Crippen LogP contribution in [0.15, 0.2) is 60.7 Å². The molecule has 0 bridgehead atoms. The Morgan fingerprint density at radius 2 is 1.66 bits per heavy atom. The average Bonchev–Trinajstić information content (AvgIpc) is 2.86. The minimum atomic E-state index is -1.18. The molecule has 0 saturated carbocycles. The molecule has 0 aliphatic carbocycles. The molecule has 2 amide bonds. The fourth-order valence-electron chi connectivity index (χ4n) is 3.68. The van der Waals surface area contributed by atoms with E-state index < -0.39 is 18.5 Å². The SMILES string of the molecule is O=C(O)CN(C(=O)N1CCOCC1)c1cc(Cl)c(Oc2ccc(O)c(-c3ccccc3)c2)c(Cl)c1. The second-order valence-corrected chi connectivity index (χ2v) is 8.56. The normalized spacial score (nSPS) is 13.4. The zero-order valence-corrected chi connectivity index (χ0v) is 20.0. The predicted octanol–water partition coefficient (Wildman–Crippen LogP) is 5.50. The van der Waals surface area contributed by atoms with Crippen LogP contribution in [0.25, 0.3) is 11.1 Å². The Kier molecular flexibility index (Phi) is 7.65. The molecule has 4 rings (SSSR count). The van der Waals surface area contributed by atoms with Crippen molar-refractivity contribution in [3.8, 4) is 28.4 Å². The van der Waals surface area contributed by atoms with Crippen LogP contribution in [0.5, 0.6) is 17.2 Å². The van der Waals surface area contributed by atoms with Crippen molar-refractivity contribution in [3.05, 3.63) is 70.7 Å². The van der Waals surface area contributed by atoms with Gasteiger partial charge in [-0.05, 0) is 35.9 Å². The van der Waals surface area contributed by atoms with Crippen LogP contribution < -0.4 is 9.64 Å². The Morgan fingerprint density at radius 3 is 2.29 bits per heavy atom. The standard InChI is InChI=1S/C25H22Cl2N2O6/c26-20-12-17(29(15-23(31)32)25(33)28-8-10-34-11-9-28)13-21(27)24(20)35-18-6-7-22(30)19(14-18)16-4-2-1-3-5-16/h1-7,12-14,30H,8-11,15H2,(H,31,32). The third kappa shape index (κ3) is 5.79. The number of ether oxygens (including phenoxy) is 2. The summed E-state index contributed by atoms with van der Waals surface area (Å²) in [6.45, 7) is 0.878. The van der Waals surface area contributed by atoms with E-state index >= 15 is 0 Å². The number of aromatic hydroxyl groups is 1. The molecular formula is C25H22Cl2N2O6. The highest BCUT2D eigenvalue weighted by molar-refractivity contribution is 6.37. The average molecular weight is 517 g/mol. The van der Waals surface area contributed by atoms with Crippen molar-refractivity contribution in [2.45, 2.75) is 0 Å². The Hall–Kier alpha value is -3.46. The van der Waals surface area contributed by atoms with Gasteiger partial charge in [-0.1, -0.05) is 53.5 Å². The van der Waals surface area contributed by atoms with E-state index in [1.54, 1.807) is 12.1 Å². The summed E-state index contributed by atoms with van der Waals surface area (Å²) in [6.07, 6.45) is 0. The van der Waals surface area contributed by atoms with Crippen LogP contribution in [-0.4, -0.2) is 60.0 Å². The molecule has 1 aliphatic rings. The molecule has 1 saturated heterocycles. The number of morpholine rings is 1. The number of carbonyl (C=O) groups excluding carboxylic acids is 1. The number of carbonyl (C=O) groups is 2. The number of anilines is 1. The number of hydrogen-bond acceptors (Lipinski definition) is 5. The first-order chi connectivity index (χ1) is 16.8. The number of carboxylic acids is 1. The Morgan fingerprint density at radius 1 is 1.00 bits per heavy atom. The van der Waals surface area contributed by atoms with Crippen LogP contribution in [0.4, 0.5) is 10.5 Å². The molecule has 3 aromatic carbocycles. The van der Waals surface area contributed by atoms with Gasteiger partial charge in [-0.2, -0.15) is 0 Å². The van der Waals surface area contributed by atoms with E-state index in [-0.39, 0.29) is 27.2 Å².